The zero-order chi connectivity index (χ0) is 17.2. The van der Waals surface area contributed by atoms with Crippen LogP contribution in [0.25, 0.3) is 0 Å². The average Bonchev–Trinajstić information content (AvgIpc) is 3.12. The van der Waals surface area contributed by atoms with Gasteiger partial charge >= 0.3 is 0 Å². The van der Waals surface area contributed by atoms with Crippen LogP contribution in [0.2, 0.25) is 0 Å². The van der Waals surface area contributed by atoms with E-state index in [2.05, 4.69) is 15.1 Å². The van der Waals surface area contributed by atoms with Gasteiger partial charge in [-0.3, -0.25) is 14.3 Å². The molecule has 0 aliphatic carbocycles. The number of aromatic nitrogens is 4. The summed E-state index contributed by atoms with van der Waals surface area (Å²) in [6.45, 7) is 2.86. The van der Waals surface area contributed by atoms with Gasteiger partial charge in [0.25, 0.3) is 11.8 Å². The maximum absolute atomic E-state index is 12.7. The molecule has 130 valence electrons. The first-order valence-electron chi connectivity index (χ1n) is 8.64. The number of piperazine rings is 1. The second-order valence-corrected chi connectivity index (χ2v) is 6.36. The molecule has 2 aliphatic heterocycles. The standard InChI is InChI=1S/C17H20N6O2/c24-16(14-12-13-4-1-2-7-23(13)20-14)21-8-10-22(11-9-21)17(25)15-18-5-3-6-19-15/h3,5-6,12H,1-2,4,7-11H2. The Balaban J connectivity index is 1.39. The van der Waals surface area contributed by atoms with E-state index in [4.69, 9.17) is 0 Å². The minimum Gasteiger partial charge on any atom is -0.334 e. The second kappa shape index (κ2) is 6.62. The van der Waals surface area contributed by atoms with E-state index < -0.39 is 0 Å². The second-order valence-electron chi connectivity index (χ2n) is 6.36. The van der Waals surface area contributed by atoms with Crippen LogP contribution in [0.4, 0.5) is 0 Å². The summed E-state index contributed by atoms with van der Waals surface area (Å²) in [5.41, 5.74) is 1.66. The molecule has 1 saturated heterocycles. The van der Waals surface area contributed by atoms with E-state index >= 15 is 0 Å². The minimum absolute atomic E-state index is 0.0510. The van der Waals surface area contributed by atoms with Gasteiger partial charge in [0.15, 0.2) is 5.69 Å². The van der Waals surface area contributed by atoms with Crippen molar-refractivity contribution in [2.45, 2.75) is 25.8 Å². The largest absolute Gasteiger partial charge is 0.334 e. The molecule has 0 spiro atoms. The Kier molecular flexibility index (Phi) is 4.17. The van der Waals surface area contributed by atoms with Crippen molar-refractivity contribution >= 4 is 11.8 Å². The van der Waals surface area contributed by atoms with Crippen molar-refractivity contribution < 1.29 is 9.59 Å². The lowest BCUT2D eigenvalue weighted by Crippen LogP contribution is -2.51. The highest BCUT2D eigenvalue weighted by atomic mass is 16.2. The molecule has 8 nitrogen and oxygen atoms in total. The van der Waals surface area contributed by atoms with Crippen molar-refractivity contribution in [2.75, 3.05) is 26.2 Å². The molecule has 0 unspecified atom stereocenters. The number of nitrogens with zero attached hydrogens (tertiary/aromatic N) is 6. The van der Waals surface area contributed by atoms with Crippen LogP contribution in [0.3, 0.4) is 0 Å². The number of fused-ring (bicyclic) bond motifs is 1. The zero-order valence-electron chi connectivity index (χ0n) is 14.0. The van der Waals surface area contributed by atoms with Gasteiger partial charge in [-0.2, -0.15) is 5.10 Å². The normalized spacial score (nSPS) is 17.3. The maximum Gasteiger partial charge on any atom is 0.291 e. The van der Waals surface area contributed by atoms with Crippen LogP contribution in [0.1, 0.15) is 39.6 Å². The molecule has 2 aromatic rings. The molecule has 0 bridgehead atoms. The van der Waals surface area contributed by atoms with Crippen LogP contribution in [-0.2, 0) is 13.0 Å². The van der Waals surface area contributed by atoms with E-state index in [0.717, 1.165) is 31.5 Å². The lowest BCUT2D eigenvalue weighted by atomic mass is 10.1. The molecule has 0 aromatic carbocycles. The van der Waals surface area contributed by atoms with Gasteiger partial charge in [-0.25, -0.2) is 9.97 Å². The van der Waals surface area contributed by atoms with Crippen molar-refractivity contribution in [1.82, 2.24) is 29.5 Å². The molecule has 0 saturated carbocycles. The topological polar surface area (TPSA) is 84.2 Å². The Morgan fingerprint density at radius 1 is 0.880 bits per heavy atom. The van der Waals surface area contributed by atoms with Gasteiger partial charge in [-0.15, -0.1) is 0 Å². The van der Waals surface area contributed by atoms with Gasteiger partial charge in [-0.1, -0.05) is 0 Å². The van der Waals surface area contributed by atoms with Crippen LogP contribution < -0.4 is 0 Å². The number of amides is 2. The van der Waals surface area contributed by atoms with Crippen LogP contribution in [-0.4, -0.2) is 67.5 Å². The highest BCUT2D eigenvalue weighted by Gasteiger charge is 2.28. The highest BCUT2D eigenvalue weighted by molar-refractivity contribution is 5.93. The van der Waals surface area contributed by atoms with E-state index in [0.29, 0.717) is 31.9 Å². The highest BCUT2D eigenvalue weighted by Crippen LogP contribution is 2.17. The maximum atomic E-state index is 12.7. The summed E-state index contributed by atoms with van der Waals surface area (Å²) in [4.78, 5) is 36.5. The van der Waals surface area contributed by atoms with Crippen molar-refractivity contribution in [2.24, 2.45) is 0 Å². The van der Waals surface area contributed by atoms with Crippen molar-refractivity contribution in [3.8, 4) is 0 Å². The molecule has 2 aliphatic rings. The molecule has 0 N–H and O–H groups in total. The summed E-state index contributed by atoms with van der Waals surface area (Å²) in [7, 11) is 0. The van der Waals surface area contributed by atoms with Crippen molar-refractivity contribution in [3.63, 3.8) is 0 Å². The SMILES string of the molecule is O=C(c1cc2n(n1)CCCC2)N1CCN(C(=O)c2ncccn2)CC1. The molecule has 0 atom stereocenters. The number of rotatable bonds is 2. The number of hydrogen-bond donors (Lipinski definition) is 0. The van der Waals surface area contributed by atoms with Gasteiger partial charge in [0, 0.05) is 50.8 Å². The van der Waals surface area contributed by atoms with Crippen LogP contribution in [0, 0.1) is 0 Å². The lowest BCUT2D eigenvalue weighted by Gasteiger charge is -2.34. The number of hydrogen-bond acceptors (Lipinski definition) is 5. The van der Waals surface area contributed by atoms with E-state index in [1.54, 1.807) is 28.3 Å². The van der Waals surface area contributed by atoms with Crippen molar-refractivity contribution in [1.29, 1.82) is 0 Å². The number of aryl methyl sites for hydroxylation is 2. The fourth-order valence-electron chi connectivity index (χ4n) is 3.35. The monoisotopic (exact) mass is 340 g/mol. The van der Waals surface area contributed by atoms with Gasteiger partial charge in [0.2, 0.25) is 5.82 Å². The molecular formula is C17H20N6O2. The van der Waals surface area contributed by atoms with E-state index in [1.807, 2.05) is 10.7 Å². The third kappa shape index (κ3) is 3.11. The smallest absolute Gasteiger partial charge is 0.291 e. The summed E-state index contributed by atoms with van der Waals surface area (Å²) in [5.74, 6) is -0.0424. The van der Waals surface area contributed by atoms with Gasteiger partial charge in [0.1, 0.15) is 0 Å². The Morgan fingerprint density at radius 2 is 1.56 bits per heavy atom. The molecule has 8 heteroatoms. The van der Waals surface area contributed by atoms with Gasteiger partial charge in [-0.05, 0) is 31.4 Å². The molecule has 1 fully saturated rings. The molecule has 0 radical (unpaired) electrons. The molecule has 25 heavy (non-hydrogen) atoms. The fraction of sp³-hybridized carbons (Fsp3) is 0.471. The molecule has 2 aromatic heterocycles. The predicted molar refractivity (Wildman–Crippen MR) is 89.0 cm³/mol. The zero-order valence-corrected chi connectivity index (χ0v) is 14.0. The third-order valence-electron chi connectivity index (χ3n) is 4.75. The van der Waals surface area contributed by atoms with E-state index in [-0.39, 0.29) is 17.6 Å². The van der Waals surface area contributed by atoms with Crippen LogP contribution in [0.15, 0.2) is 24.5 Å². The van der Waals surface area contributed by atoms with E-state index in [9.17, 15) is 9.59 Å². The first-order valence-corrected chi connectivity index (χ1v) is 8.64. The van der Waals surface area contributed by atoms with Gasteiger partial charge < -0.3 is 9.80 Å². The fourth-order valence-corrected chi connectivity index (χ4v) is 3.35. The summed E-state index contributed by atoms with van der Waals surface area (Å²) >= 11 is 0. The van der Waals surface area contributed by atoms with Crippen molar-refractivity contribution in [3.05, 3.63) is 41.7 Å². The Morgan fingerprint density at radius 3 is 2.24 bits per heavy atom. The van der Waals surface area contributed by atoms with Crippen LogP contribution in [0.5, 0.6) is 0 Å². The summed E-state index contributed by atoms with van der Waals surface area (Å²) in [6.07, 6.45) is 6.37. The Labute approximate surface area is 145 Å². The summed E-state index contributed by atoms with van der Waals surface area (Å²) < 4.78 is 1.95. The van der Waals surface area contributed by atoms with Crippen LogP contribution >= 0.6 is 0 Å². The lowest BCUT2D eigenvalue weighted by molar-refractivity contribution is 0.0525. The first kappa shape index (κ1) is 15.7. The summed E-state index contributed by atoms with van der Waals surface area (Å²) in [6, 6.07) is 3.59. The number of carbonyl (C=O) groups is 2. The Hall–Kier alpha value is -2.77. The summed E-state index contributed by atoms with van der Waals surface area (Å²) in [5, 5.41) is 4.45. The Bertz CT molecular complexity index is 756. The first-order chi connectivity index (χ1) is 12.2. The minimum atomic E-state index is -0.190. The molecular weight excluding hydrogens is 320 g/mol. The number of carbonyl (C=O) groups excluding carboxylic acids is 2. The molecule has 4 rings (SSSR count). The molecule has 4 heterocycles. The van der Waals surface area contributed by atoms with Gasteiger partial charge in [0.05, 0.1) is 0 Å². The third-order valence-corrected chi connectivity index (χ3v) is 4.75. The predicted octanol–water partition coefficient (Wildman–Crippen LogP) is 0.608. The average molecular weight is 340 g/mol. The molecule has 2 amide bonds. The van der Waals surface area contributed by atoms with E-state index in [1.165, 1.54) is 0 Å². The quantitative estimate of drug-likeness (QED) is 0.800.